The summed E-state index contributed by atoms with van der Waals surface area (Å²) in [5.41, 5.74) is 4.10. The molecule has 0 amide bonds. The molecule has 58 heavy (non-hydrogen) atoms. The summed E-state index contributed by atoms with van der Waals surface area (Å²) in [7, 11) is -1.43. The molecule has 8 rings (SSSR count). The minimum Gasteiger partial charge on any atom is -0.501 e. The van der Waals surface area contributed by atoms with E-state index in [4.69, 9.17) is 21.7 Å². The van der Waals surface area contributed by atoms with Crippen LogP contribution in [0.2, 0.25) is 19.6 Å². The quantitative estimate of drug-likeness (QED) is 0.130. The van der Waals surface area contributed by atoms with E-state index in [0.29, 0.717) is 22.3 Å². The van der Waals surface area contributed by atoms with Gasteiger partial charge in [0, 0.05) is 54.7 Å². The Labute approximate surface area is 371 Å². The minimum atomic E-state index is -2.80. The second-order valence-electron chi connectivity index (χ2n) is 17.9. The van der Waals surface area contributed by atoms with E-state index >= 15 is 0 Å². The van der Waals surface area contributed by atoms with Crippen LogP contribution in [0.4, 0.5) is 4.39 Å². The van der Waals surface area contributed by atoms with Gasteiger partial charge in [0.15, 0.2) is 0 Å². The van der Waals surface area contributed by atoms with Crippen molar-refractivity contribution in [2.24, 2.45) is 5.41 Å². The summed E-state index contributed by atoms with van der Waals surface area (Å²) in [5.74, 6) is -0.227. The second-order valence-corrected chi connectivity index (χ2v) is 23.0. The standard InChI is InChI=1S/C31H27N2O.C20H25FNSi.Ir/c1-19-13-21(16-31(3,4)5)9-11-23(19)27-15-28(33-18-20(27)2)26-8-6-7-25-24-12-10-22(17-32)14-29(24)34-30(25)26;1-19(2)16-10-13(21)8-9-15(16)18-17(20(19,3)4)11-14(12-22-18)23(5,6)7;/h6-7,9-15,18H,16H2,1-5H3;8,10-12H,1-7H3;/q2*-1;/i1D3,2D3,11D,16D2;;. The number of nitriles is 1. The predicted molar refractivity (Wildman–Crippen MR) is 236 cm³/mol. The molecular weight excluding hydrogens is 910 g/mol. The maximum absolute atomic E-state index is 13.8. The Hall–Kier alpha value is -4.73. The molecule has 0 N–H and O–H groups in total. The summed E-state index contributed by atoms with van der Waals surface area (Å²) in [6, 6.07) is 25.8. The van der Waals surface area contributed by atoms with Gasteiger partial charge in [-0.1, -0.05) is 121 Å². The fraction of sp³-hybridized carbons (Fsp3) is 0.314. The molecule has 0 fully saturated rings. The zero-order chi connectivity index (χ0) is 48.9. The molecule has 4 nitrogen and oxygen atoms in total. The predicted octanol–water partition coefficient (Wildman–Crippen LogP) is 13.0. The van der Waals surface area contributed by atoms with Gasteiger partial charge in [-0.05, 0) is 92.8 Å². The number of nitrogens with zero attached hydrogens (tertiary/aromatic N) is 3. The van der Waals surface area contributed by atoms with Crippen molar-refractivity contribution in [3.63, 3.8) is 0 Å². The van der Waals surface area contributed by atoms with Crippen molar-refractivity contribution in [2.45, 2.75) is 99.0 Å². The van der Waals surface area contributed by atoms with Crippen molar-refractivity contribution in [3.8, 4) is 39.7 Å². The molecule has 1 aliphatic carbocycles. The van der Waals surface area contributed by atoms with E-state index in [2.05, 4.69) is 76.6 Å². The maximum atomic E-state index is 13.8. The summed E-state index contributed by atoms with van der Waals surface area (Å²) in [6.07, 6.45) is 1.17. The number of fused-ring (bicyclic) bond motifs is 6. The molecule has 3 aromatic heterocycles. The van der Waals surface area contributed by atoms with E-state index < -0.39 is 33.6 Å². The molecule has 0 saturated carbocycles. The van der Waals surface area contributed by atoms with Gasteiger partial charge in [-0.25, -0.2) is 0 Å². The van der Waals surface area contributed by atoms with E-state index in [0.717, 1.165) is 33.8 Å². The van der Waals surface area contributed by atoms with E-state index in [1.165, 1.54) is 35.0 Å². The van der Waals surface area contributed by atoms with Crippen molar-refractivity contribution in [1.29, 1.82) is 5.26 Å². The Morgan fingerprint density at radius 2 is 1.62 bits per heavy atom. The molecule has 0 aliphatic heterocycles. The van der Waals surface area contributed by atoms with Crippen LogP contribution in [0.25, 0.3) is 55.6 Å². The fourth-order valence-corrected chi connectivity index (χ4v) is 8.44. The van der Waals surface area contributed by atoms with Crippen molar-refractivity contribution >= 4 is 35.2 Å². The number of hydrogen-bond donors (Lipinski definition) is 0. The number of benzene rings is 4. The number of halogens is 1. The van der Waals surface area contributed by atoms with Crippen LogP contribution in [0, 0.1) is 48.4 Å². The molecule has 4 aromatic carbocycles. The van der Waals surface area contributed by atoms with Crippen LogP contribution in [-0.4, -0.2) is 18.0 Å². The Balaban J connectivity index is 0.000000260. The van der Waals surface area contributed by atoms with Crippen LogP contribution >= 0.6 is 0 Å². The molecule has 1 radical (unpaired) electrons. The Bertz CT molecular complexity index is 3120. The van der Waals surface area contributed by atoms with Gasteiger partial charge in [0.25, 0.3) is 0 Å². The summed E-state index contributed by atoms with van der Waals surface area (Å²) in [6.45, 7) is 15.4. The minimum absolute atomic E-state index is 0. The molecule has 0 unspecified atom stereocenters. The molecule has 1 aliphatic rings. The van der Waals surface area contributed by atoms with E-state index in [1.807, 2.05) is 6.20 Å². The first-order valence-corrected chi connectivity index (χ1v) is 22.5. The number of furan rings is 1. The van der Waals surface area contributed by atoms with Gasteiger partial charge in [-0.15, -0.1) is 47.5 Å². The van der Waals surface area contributed by atoms with Gasteiger partial charge >= 0.3 is 0 Å². The summed E-state index contributed by atoms with van der Waals surface area (Å²) >= 11 is 0. The van der Waals surface area contributed by atoms with Gasteiger partial charge in [0.2, 0.25) is 0 Å². The largest absolute Gasteiger partial charge is 0.501 e. The zero-order valence-corrected chi connectivity index (χ0v) is 37.9. The van der Waals surface area contributed by atoms with E-state index in [1.54, 1.807) is 57.2 Å². The molecule has 7 aromatic rings. The first-order chi connectivity index (χ1) is 30.3. The molecule has 3 heterocycles. The number of pyridine rings is 2. The monoisotopic (exact) mass is 971 g/mol. The first kappa shape index (κ1) is 32.2. The number of aromatic nitrogens is 2. The Morgan fingerprint density at radius 3 is 2.31 bits per heavy atom. The van der Waals surface area contributed by atoms with E-state index in [9.17, 15) is 9.65 Å². The summed E-state index contributed by atoms with van der Waals surface area (Å²) < 4.78 is 95.7. The third-order valence-corrected chi connectivity index (χ3v) is 13.3. The SMILES string of the molecule is CC1(C)c2cc(F)c[c-]c2-c2ncc([Si](C)(C)C)cc2C1(C)C.[2H]c1cc(C([2H])([2H])C(C)(C)C)cc(C([2H])([2H])[2H])c1-c1cc(-c2[c-]ccc3c2oc2cc(C#N)ccc23)ncc1C([2H])([2H])[2H].[Ir]. The third kappa shape index (κ3) is 7.87. The summed E-state index contributed by atoms with van der Waals surface area (Å²) in [4.78, 5) is 9.20. The van der Waals surface area contributed by atoms with Crippen LogP contribution < -0.4 is 5.19 Å². The van der Waals surface area contributed by atoms with Gasteiger partial charge in [0.05, 0.1) is 26.7 Å². The number of aryl methyl sites for hydroxylation is 2. The van der Waals surface area contributed by atoms with Gasteiger partial charge in [-0.2, -0.15) is 5.26 Å². The Kier molecular flexibility index (Phi) is 8.57. The molecule has 7 heteroatoms. The van der Waals surface area contributed by atoms with Crippen LogP contribution in [0.1, 0.15) is 94.2 Å². The van der Waals surface area contributed by atoms with Crippen molar-refractivity contribution in [1.82, 2.24) is 9.97 Å². The first-order valence-electron chi connectivity index (χ1n) is 23.5. The second kappa shape index (κ2) is 15.5. The van der Waals surface area contributed by atoms with Crippen LogP contribution in [0.3, 0.4) is 0 Å². The average Bonchev–Trinajstić information content (AvgIpc) is 3.59. The molecule has 299 valence electrons. The van der Waals surface area contributed by atoms with Gasteiger partial charge in [0.1, 0.15) is 5.58 Å². The number of rotatable bonds is 4. The smallest absolute Gasteiger partial charge is 0.122 e. The van der Waals surface area contributed by atoms with Crippen molar-refractivity contribution in [2.75, 3.05) is 0 Å². The molecule has 0 spiro atoms. The molecule has 0 bridgehead atoms. The molecule has 0 atom stereocenters. The normalized spacial score (nSPS) is 17.1. The molecule has 0 saturated heterocycles. The van der Waals surface area contributed by atoms with Crippen LogP contribution in [0.5, 0.6) is 0 Å². The third-order valence-electron chi connectivity index (χ3n) is 11.3. The van der Waals surface area contributed by atoms with Crippen LogP contribution in [0.15, 0.2) is 89.6 Å². The van der Waals surface area contributed by atoms with E-state index in [-0.39, 0.29) is 76.3 Å². The van der Waals surface area contributed by atoms with Gasteiger partial charge in [-0.3, -0.25) is 4.39 Å². The molecular formula is C51H52FIrN3OSi-2. The van der Waals surface area contributed by atoms with Crippen molar-refractivity contribution < 1.29 is 41.2 Å². The fourth-order valence-electron chi connectivity index (χ4n) is 7.41. The maximum Gasteiger partial charge on any atom is 0.122 e. The average molecular weight is 971 g/mol. The topological polar surface area (TPSA) is 62.7 Å². The van der Waals surface area contributed by atoms with Crippen molar-refractivity contribution in [3.05, 3.63) is 136 Å². The Morgan fingerprint density at radius 1 is 0.879 bits per heavy atom. The zero-order valence-electron chi connectivity index (χ0n) is 43.5. The number of hydrogen-bond acceptors (Lipinski definition) is 4. The van der Waals surface area contributed by atoms with Crippen LogP contribution in [-0.2, 0) is 37.3 Å². The summed E-state index contributed by atoms with van der Waals surface area (Å²) in [5, 5.41) is 12.1. The van der Waals surface area contributed by atoms with Gasteiger partial charge < -0.3 is 14.4 Å².